The van der Waals surface area contributed by atoms with E-state index in [9.17, 15) is 24.3 Å². The molecule has 2 aromatic carbocycles. The van der Waals surface area contributed by atoms with Crippen molar-refractivity contribution in [2.45, 2.75) is 12.5 Å². The van der Waals surface area contributed by atoms with Gasteiger partial charge in [0.25, 0.3) is 11.5 Å². The quantitative estimate of drug-likeness (QED) is 0.523. The predicted octanol–water partition coefficient (Wildman–Crippen LogP) is 1.17. The molecule has 0 aliphatic carbocycles. The van der Waals surface area contributed by atoms with Crippen molar-refractivity contribution in [3.8, 4) is 22.4 Å². The number of nitrogens with zero attached hydrogens (tertiary/aromatic N) is 2. The molecule has 0 bridgehead atoms. The van der Waals surface area contributed by atoms with E-state index in [2.05, 4.69) is 10.4 Å². The second-order valence-corrected chi connectivity index (χ2v) is 6.79. The van der Waals surface area contributed by atoms with Gasteiger partial charge in [0.2, 0.25) is 5.91 Å². The molecule has 0 radical (unpaired) electrons. The van der Waals surface area contributed by atoms with Crippen molar-refractivity contribution in [2.24, 2.45) is 12.8 Å². The van der Waals surface area contributed by atoms with E-state index in [-0.39, 0.29) is 11.1 Å². The number of amides is 2. The SMILES string of the molecule is Cn1nc(-c2ccccc2)c(-c2ccccc2)c(C(=O)NC(CC(N)=O)C(=O)O)c1=O. The van der Waals surface area contributed by atoms with Gasteiger partial charge in [0.15, 0.2) is 0 Å². The number of nitrogens with two attached hydrogens (primary N) is 1. The third kappa shape index (κ3) is 4.67. The molecule has 3 aromatic rings. The Bertz CT molecular complexity index is 1190. The number of nitrogens with one attached hydrogen (secondary N) is 1. The molecule has 0 fully saturated rings. The number of hydrogen-bond donors (Lipinski definition) is 3. The fourth-order valence-electron chi connectivity index (χ4n) is 3.16. The number of benzene rings is 2. The number of primary amides is 1. The Labute approximate surface area is 177 Å². The highest BCUT2D eigenvalue weighted by molar-refractivity contribution is 6.05. The summed E-state index contributed by atoms with van der Waals surface area (Å²) in [7, 11) is 1.40. The Kier molecular flexibility index (Phi) is 6.25. The second kappa shape index (κ2) is 9.04. The summed E-state index contributed by atoms with van der Waals surface area (Å²) < 4.78 is 1.02. The first-order valence-electron chi connectivity index (χ1n) is 9.33. The smallest absolute Gasteiger partial charge is 0.326 e. The van der Waals surface area contributed by atoms with Gasteiger partial charge in [-0.1, -0.05) is 60.7 Å². The van der Waals surface area contributed by atoms with E-state index in [1.54, 1.807) is 54.6 Å². The van der Waals surface area contributed by atoms with Crippen molar-refractivity contribution < 1.29 is 19.5 Å². The molecule has 1 atom stereocenters. The van der Waals surface area contributed by atoms with Crippen molar-refractivity contribution in [2.75, 3.05) is 0 Å². The highest BCUT2D eigenvalue weighted by atomic mass is 16.4. The summed E-state index contributed by atoms with van der Waals surface area (Å²) >= 11 is 0. The van der Waals surface area contributed by atoms with E-state index in [1.165, 1.54) is 7.05 Å². The van der Waals surface area contributed by atoms with Crippen LogP contribution in [0.2, 0.25) is 0 Å². The van der Waals surface area contributed by atoms with Crippen molar-refractivity contribution in [1.29, 1.82) is 0 Å². The fourth-order valence-corrected chi connectivity index (χ4v) is 3.16. The predicted molar refractivity (Wildman–Crippen MR) is 113 cm³/mol. The van der Waals surface area contributed by atoms with Crippen LogP contribution in [0, 0.1) is 0 Å². The Hall–Kier alpha value is -4.27. The highest BCUT2D eigenvalue weighted by Gasteiger charge is 2.28. The molecule has 9 nitrogen and oxygen atoms in total. The van der Waals surface area contributed by atoms with Crippen LogP contribution in [0.4, 0.5) is 0 Å². The molecule has 0 aliphatic heterocycles. The average Bonchev–Trinajstić information content (AvgIpc) is 2.75. The van der Waals surface area contributed by atoms with Gasteiger partial charge >= 0.3 is 5.97 Å². The molecule has 1 unspecified atom stereocenters. The number of carboxylic acids is 1. The lowest BCUT2D eigenvalue weighted by molar-refractivity contribution is -0.140. The third-order valence-electron chi connectivity index (χ3n) is 4.59. The average molecular weight is 420 g/mol. The molecule has 1 aromatic heterocycles. The lowest BCUT2D eigenvalue weighted by atomic mass is 9.95. The third-order valence-corrected chi connectivity index (χ3v) is 4.59. The largest absolute Gasteiger partial charge is 0.480 e. The minimum Gasteiger partial charge on any atom is -0.480 e. The maximum atomic E-state index is 13.1. The van der Waals surface area contributed by atoms with E-state index in [0.29, 0.717) is 16.8 Å². The molecule has 4 N–H and O–H groups in total. The monoisotopic (exact) mass is 420 g/mol. The Morgan fingerprint density at radius 3 is 2.10 bits per heavy atom. The summed E-state index contributed by atoms with van der Waals surface area (Å²) in [5.41, 5.74) is 5.96. The van der Waals surface area contributed by atoms with Gasteiger partial charge in [0.1, 0.15) is 11.6 Å². The maximum absolute atomic E-state index is 13.1. The van der Waals surface area contributed by atoms with E-state index < -0.39 is 35.8 Å². The molecular formula is C22H20N4O5. The zero-order valence-corrected chi connectivity index (χ0v) is 16.6. The van der Waals surface area contributed by atoms with Gasteiger partial charge in [-0.15, -0.1) is 0 Å². The number of carbonyl (C=O) groups is 3. The van der Waals surface area contributed by atoms with E-state index in [1.807, 2.05) is 6.07 Å². The number of aryl methyl sites for hydroxylation is 1. The van der Waals surface area contributed by atoms with Crippen LogP contribution in [-0.2, 0) is 16.6 Å². The number of carbonyl (C=O) groups excluding carboxylic acids is 2. The molecule has 158 valence electrons. The molecule has 0 saturated carbocycles. The molecule has 1 heterocycles. The summed E-state index contributed by atoms with van der Waals surface area (Å²) in [5, 5.41) is 15.9. The number of hydrogen-bond acceptors (Lipinski definition) is 5. The van der Waals surface area contributed by atoms with E-state index in [0.717, 1.165) is 4.68 Å². The Balaban J connectivity index is 2.25. The molecule has 0 saturated heterocycles. The summed E-state index contributed by atoms with van der Waals surface area (Å²) in [5.74, 6) is -3.28. The highest BCUT2D eigenvalue weighted by Crippen LogP contribution is 2.31. The van der Waals surface area contributed by atoms with Gasteiger partial charge in [-0.2, -0.15) is 5.10 Å². The van der Waals surface area contributed by atoms with Crippen molar-refractivity contribution in [3.63, 3.8) is 0 Å². The van der Waals surface area contributed by atoms with Gasteiger partial charge in [-0.3, -0.25) is 14.4 Å². The number of aromatic nitrogens is 2. The van der Waals surface area contributed by atoms with Crippen LogP contribution >= 0.6 is 0 Å². The zero-order valence-electron chi connectivity index (χ0n) is 16.6. The molecular weight excluding hydrogens is 400 g/mol. The standard InChI is InChI=1S/C22H20N4O5/c1-26-21(29)18(20(28)24-15(22(30)31)12-16(23)27)17(13-8-4-2-5-9-13)19(25-26)14-10-6-3-7-11-14/h2-11,15H,12H2,1H3,(H2,23,27)(H,24,28)(H,30,31). The van der Waals surface area contributed by atoms with Gasteiger partial charge < -0.3 is 16.2 Å². The topological polar surface area (TPSA) is 144 Å². The minimum atomic E-state index is -1.58. The first-order chi connectivity index (χ1) is 14.8. The lowest BCUT2D eigenvalue weighted by Crippen LogP contribution is -2.45. The van der Waals surface area contributed by atoms with Crippen LogP contribution in [0.25, 0.3) is 22.4 Å². The normalized spacial score (nSPS) is 11.5. The van der Waals surface area contributed by atoms with Gasteiger partial charge in [-0.25, -0.2) is 9.48 Å². The molecule has 31 heavy (non-hydrogen) atoms. The van der Waals surface area contributed by atoms with Crippen molar-refractivity contribution >= 4 is 17.8 Å². The summed E-state index contributed by atoms with van der Waals surface area (Å²) in [6.07, 6.45) is -0.612. The molecule has 3 rings (SSSR count). The Morgan fingerprint density at radius 1 is 1.03 bits per heavy atom. The first kappa shape index (κ1) is 21.4. The Morgan fingerprint density at radius 2 is 1.58 bits per heavy atom. The van der Waals surface area contributed by atoms with Gasteiger partial charge in [0.05, 0.1) is 12.1 Å². The maximum Gasteiger partial charge on any atom is 0.326 e. The minimum absolute atomic E-state index is 0.260. The van der Waals surface area contributed by atoms with Crippen LogP contribution in [0.3, 0.4) is 0 Å². The first-order valence-corrected chi connectivity index (χ1v) is 9.33. The summed E-state index contributed by atoms with van der Waals surface area (Å²) in [4.78, 5) is 48.8. The number of carboxylic acid groups (broad SMARTS) is 1. The van der Waals surface area contributed by atoms with Crippen LogP contribution in [0.15, 0.2) is 65.5 Å². The molecule has 2 amide bonds. The van der Waals surface area contributed by atoms with Crippen LogP contribution in [0.5, 0.6) is 0 Å². The van der Waals surface area contributed by atoms with E-state index >= 15 is 0 Å². The molecule has 9 heteroatoms. The van der Waals surface area contributed by atoms with Gasteiger partial charge in [-0.05, 0) is 5.56 Å². The number of aliphatic carboxylic acids is 1. The summed E-state index contributed by atoms with van der Waals surface area (Å²) in [6, 6.07) is 16.1. The van der Waals surface area contributed by atoms with E-state index in [4.69, 9.17) is 5.73 Å². The van der Waals surface area contributed by atoms with Gasteiger partial charge in [0, 0.05) is 18.2 Å². The van der Waals surface area contributed by atoms with Crippen molar-refractivity contribution in [1.82, 2.24) is 15.1 Å². The van der Waals surface area contributed by atoms with Crippen LogP contribution in [-0.4, -0.2) is 38.7 Å². The second-order valence-electron chi connectivity index (χ2n) is 6.79. The lowest BCUT2D eigenvalue weighted by Gasteiger charge is -2.18. The van der Waals surface area contributed by atoms with Crippen molar-refractivity contribution in [3.05, 3.63) is 76.6 Å². The summed E-state index contributed by atoms with van der Waals surface area (Å²) in [6.45, 7) is 0. The molecule has 0 spiro atoms. The fraction of sp³-hybridized carbons (Fsp3) is 0.136. The zero-order chi connectivity index (χ0) is 22.5. The number of rotatable bonds is 7. The van der Waals surface area contributed by atoms with Crippen LogP contribution < -0.4 is 16.6 Å². The van der Waals surface area contributed by atoms with Crippen LogP contribution in [0.1, 0.15) is 16.8 Å². The molecule has 0 aliphatic rings.